The number of benzene rings is 1. The van der Waals surface area contributed by atoms with Crippen molar-refractivity contribution >= 4 is 17.5 Å². The van der Waals surface area contributed by atoms with Gasteiger partial charge in [-0.25, -0.2) is 4.98 Å². The molecule has 104 valence electrons. The maximum Gasteiger partial charge on any atom is 0.229 e. The van der Waals surface area contributed by atoms with E-state index in [0.29, 0.717) is 5.95 Å². The highest BCUT2D eigenvalue weighted by Gasteiger charge is 2.12. The second-order valence-corrected chi connectivity index (χ2v) is 5.28. The van der Waals surface area contributed by atoms with Crippen molar-refractivity contribution in [2.45, 2.75) is 26.2 Å². The number of rotatable bonds is 3. The summed E-state index contributed by atoms with van der Waals surface area (Å²) in [6.45, 7) is 4.28. The van der Waals surface area contributed by atoms with Crippen LogP contribution in [-0.4, -0.2) is 23.1 Å². The van der Waals surface area contributed by atoms with E-state index in [2.05, 4.69) is 39.2 Å². The normalized spacial score (nSPS) is 15.2. The van der Waals surface area contributed by atoms with E-state index in [-0.39, 0.29) is 0 Å². The lowest BCUT2D eigenvalue weighted by molar-refractivity contribution is 0.573. The summed E-state index contributed by atoms with van der Waals surface area (Å²) in [5.41, 5.74) is 2.25. The third-order valence-electron chi connectivity index (χ3n) is 3.60. The Morgan fingerprint density at radius 2 is 1.95 bits per heavy atom. The molecule has 3 rings (SSSR count). The van der Waals surface area contributed by atoms with Gasteiger partial charge in [0.2, 0.25) is 5.95 Å². The van der Waals surface area contributed by atoms with E-state index in [1.165, 1.54) is 24.8 Å². The van der Waals surface area contributed by atoms with Gasteiger partial charge in [-0.2, -0.15) is 4.98 Å². The van der Waals surface area contributed by atoms with Crippen LogP contribution >= 0.6 is 0 Å². The molecule has 0 saturated carbocycles. The molecular weight excluding hydrogens is 248 g/mol. The first-order valence-electron chi connectivity index (χ1n) is 7.23. The Morgan fingerprint density at radius 1 is 1.10 bits per heavy atom. The van der Waals surface area contributed by atoms with Crippen molar-refractivity contribution in [3.8, 4) is 0 Å². The van der Waals surface area contributed by atoms with Crippen molar-refractivity contribution in [2.75, 3.05) is 23.3 Å². The molecule has 0 amide bonds. The van der Waals surface area contributed by atoms with E-state index in [4.69, 9.17) is 0 Å². The molecular formula is C16H20N4. The van der Waals surface area contributed by atoms with Gasteiger partial charge in [-0.15, -0.1) is 0 Å². The first-order chi connectivity index (χ1) is 9.81. The summed E-state index contributed by atoms with van der Waals surface area (Å²) in [6, 6.07) is 10.2. The van der Waals surface area contributed by atoms with Gasteiger partial charge in [0.1, 0.15) is 5.82 Å². The largest absolute Gasteiger partial charge is 0.356 e. The highest BCUT2D eigenvalue weighted by atomic mass is 15.2. The van der Waals surface area contributed by atoms with Gasteiger partial charge in [-0.3, -0.25) is 0 Å². The Hall–Kier alpha value is -2.10. The molecule has 1 fully saturated rings. The Labute approximate surface area is 119 Å². The van der Waals surface area contributed by atoms with E-state index in [1.807, 2.05) is 24.4 Å². The van der Waals surface area contributed by atoms with Crippen molar-refractivity contribution in [3.63, 3.8) is 0 Å². The minimum Gasteiger partial charge on any atom is -0.356 e. The van der Waals surface area contributed by atoms with Crippen LogP contribution in [0.4, 0.5) is 17.5 Å². The second kappa shape index (κ2) is 5.90. The molecule has 0 spiro atoms. The quantitative estimate of drug-likeness (QED) is 0.924. The summed E-state index contributed by atoms with van der Waals surface area (Å²) in [5, 5.41) is 3.28. The highest BCUT2D eigenvalue weighted by molar-refractivity contribution is 5.55. The average Bonchev–Trinajstić information content (AvgIpc) is 2.48. The fourth-order valence-electron chi connectivity index (χ4n) is 2.56. The van der Waals surface area contributed by atoms with E-state index in [1.54, 1.807) is 0 Å². The number of hydrogen-bond donors (Lipinski definition) is 1. The second-order valence-electron chi connectivity index (χ2n) is 5.28. The Morgan fingerprint density at radius 3 is 2.75 bits per heavy atom. The topological polar surface area (TPSA) is 41.1 Å². The van der Waals surface area contributed by atoms with Gasteiger partial charge in [-0.05, 0) is 49.9 Å². The Kier molecular flexibility index (Phi) is 3.81. The molecule has 20 heavy (non-hydrogen) atoms. The monoisotopic (exact) mass is 268 g/mol. The molecule has 0 aliphatic carbocycles. The van der Waals surface area contributed by atoms with E-state index in [9.17, 15) is 0 Å². The van der Waals surface area contributed by atoms with E-state index in [0.717, 1.165) is 24.6 Å². The minimum atomic E-state index is 0.665. The average molecular weight is 268 g/mol. The molecule has 1 saturated heterocycles. The van der Waals surface area contributed by atoms with Crippen LogP contribution in [-0.2, 0) is 0 Å². The van der Waals surface area contributed by atoms with Crippen LogP contribution in [0.5, 0.6) is 0 Å². The number of nitrogens with zero attached hydrogens (tertiary/aromatic N) is 3. The number of hydrogen-bond acceptors (Lipinski definition) is 4. The third kappa shape index (κ3) is 3.07. The number of aromatic nitrogens is 2. The van der Waals surface area contributed by atoms with Gasteiger partial charge >= 0.3 is 0 Å². The zero-order valence-corrected chi connectivity index (χ0v) is 11.8. The molecule has 4 nitrogen and oxygen atoms in total. The highest BCUT2D eigenvalue weighted by Crippen LogP contribution is 2.20. The van der Waals surface area contributed by atoms with Crippen LogP contribution in [0.1, 0.15) is 24.8 Å². The van der Waals surface area contributed by atoms with Crippen LogP contribution in [0, 0.1) is 6.92 Å². The molecule has 0 unspecified atom stereocenters. The molecule has 2 heterocycles. The minimum absolute atomic E-state index is 0.665. The standard InChI is InChI=1S/C16H20N4/c1-13-6-5-7-14(12-13)18-16-17-9-8-15(19-16)20-10-3-2-4-11-20/h5-9,12H,2-4,10-11H2,1H3,(H,17,18,19). The SMILES string of the molecule is Cc1cccc(Nc2nccc(N3CCCCC3)n2)c1. The molecule has 0 radical (unpaired) electrons. The lowest BCUT2D eigenvalue weighted by Gasteiger charge is -2.27. The molecule has 1 aliphatic rings. The Balaban J connectivity index is 1.77. The first kappa shape index (κ1) is 12.9. The zero-order chi connectivity index (χ0) is 13.8. The fraction of sp³-hybridized carbons (Fsp3) is 0.375. The molecule has 0 atom stereocenters. The van der Waals surface area contributed by atoms with Crippen molar-refractivity contribution in [1.82, 2.24) is 9.97 Å². The molecule has 1 aromatic carbocycles. The fourth-order valence-corrected chi connectivity index (χ4v) is 2.56. The van der Waals surface area contributed by atoms with Crippen LogP contribution in [0.2, 0.25) is 0 Å². The molecule has 4 heteroatoms. The van der Waals surface area contributed by atoms with Crippen LogP contribution in [0.15, 0.2) is 36.5 Å². The van der Waals surface area contributed by atoms with E-state index >= 15 is 0 Å². The smallest absolute Gasteiger partial charge is 0.229 e. The molecule has 1 aliphatic heterocycles. The van der Waals surface area contributed by atoms with Gasteiger partial charge in [0.25, 0.3) is 0 Å². The predicted octanol–water partition coefficient (Wildman–Crippen LogP) is 3.52. The van der Waals surface area contributed by atoms with E-state index < -0.39 is 0 Å². The van der Waals surface area contributed by atoms with Crippen molar-refractivity contribution in [1.29, 1.82) is 0 Å². The molecule has 1 aromatic heterocycles. The van der Waals surface area contributed by atoms with Crippen LogP contribution in [0.25, 0.3) is 0 Å². The Bertz CT molecular complexity index is 576. The van der Waals surface area contributed by atoms with Crippen molar-refractivity contribution in [2.24, 2.45) is 0 Å². The summed E-state index contributed by atoms with van der Waals surface area (Å²) in [7, 11) is 0. The number of nitrogens with one attached hydrogen (secondary N) is 1. The number of aryl methyl sites for hydroxylation is 1. The van der Waals surface area contributed by atoms with Crippen LogP contribution < -0.4 is 10.2 Å². The van der Waals surface area contributed by atoms with Gasteiger partial charge in [0.05, 0.1) is 0 Å². The van der Waals surface area contributed by atoms with Crippen LogP contribution in [0.3, 0.4) is 0 Å². The van der Waals surface area contributed by atoms with Crippen molar-refractivity contribution < 1.29 is 0 Å². The number of piperidine rings is 1. The van der Waals surface area contributed by atoms with Crippen molar-refractivity contribution in [3.05, 3.63) is 42.1 Å². The molecule has 1 N–H and O–H groups in total. The lowest BCUT2D eigenvalue weighted by atomic mass is 10.1. The first-order valence-corrected chi connectivity index (χ1v) is 7.23. The van der Waals surface area contributed by atoms with Gasteiger partial charge in [-0.1, -0.05) is 12.1 Å². The van der Waals surface area contributed by atoms with Gasteiger partial charge in [0.15, 0.2) is 0 Å². The number of anilines is 3. The van der Waals surface area contributed by atoms with Gasteiger partial charge < -0.3 is 10.2 Å². The molecule has 2 aromatic rings. The maximum absolute atomic E-state index is 4.63. The predicted molar refractivity (Wildman–Crippen MR) is 82.6 cm³/mol. The van der Waals surface area contributed by atoms with Gasteiger partial charge in [0, 0.05) is 25.0 Å². The summed E-state index contributed by atoms with van der Waals surface area (Å²) >= 11 is 0. The summed E-state index contributed by atoms with van der Waals surface area (Å²) in [5.74, 6) is 1.69. The molecule has 0 bridgehead atoms. The summed E-state index contributed by atoms with van der Waals surface area (Å²) in [4.78, 5) is 11.3. The lowest BCUT2D eigenvalue weighted by Crippen LogP contribution is -2.30. The zero-order valence-electron chi connectivity index (χ0n) is 11.8. The third-order valence-corrected chi connectivity index (χ3v) is 3.60. The maximum atomic E-state index is 4.63. The summed E-state index contributed by atoms with van der Waals surface area (Å²) < 4.78 is 0. The summed E-state index contributed by atoms with van der Waals surface area (Å²) in [6.07, 6.45) is 5.67.